The number of hydrogen-bond acceptors (Lipinski definition) is 0. The summed E-state index contributed by atoms with van der Waals surface area (Å²) in [6.07, 6.45) is 12.4. The highest BCUT2D eigenvalue weighted by molar-refractivity contribution is 5.56. The van der Waals surface area contributed by atoms with Crippen LogP contribution in [0.4, 0.5) is 0 Å². The van der Waals surface area contributed by atoms with Crippen molar-refractivity contribution in [2.24, 2.45) is 7.05 Å². The monoisotopic (exact) mass is 222 g/mol. The molecule has 0 radical (unpaired) electrons. The van der Waals surface area contributed by atoms with Gasteiger partial charge in [0, 0.05) is 12.1 Å². The lowest BCUT2D eigenvalue weighted by Crippen LogP contribution is -2.25. The smallest absolute Gasteiger partial charge is 0.169 e. The minimum absolute atomic E-state index is 1.21. The zero-order valence-corrected chi connectivity index (χ0v) is 9.95. The summed E-state index contributed by atoms with van der Waals surface area (Å²) in [5, 5.41) is 0. The quantitative estimate of drug-likeness (QED) is 0.554. The summed E-state index contributed by atoms with van der Waals surface area (Å²) in [6.45, 7) is 0. The summed E-state index contributed by atoms with van der Waals surface area (Å²) in [7, 11) is 2.02. The Hall–Kier alpha value is -2.15. The number of benzene rings is 1. The van der Waals surface area contributed by atoms with Crippen LogP contribution in [-0.4, -0.2) is 0 Å². The average Bonchev–Trinajstić information content (AvgIpc) is 2.38. The van der Waals surface area contributed by atoms with Gasteiger partial charge in [-0.1, -0.05) is 54.6 Å². The Bertz CT molecular complexity index is 507. The van der Waals surface area contributed by atoms with Crippen LogP contribution in [0.3, 0.4) is 0 Å². The Morgan fingerprint density at radius 3 is 1.88 bits per heavy atom. The number of rotatable bonds is 3. The molecule has 0 fully saturated rings. The molecule has 1 heteroatoms. The first-order valence-corrected chi connectivity index (χ1v) is 5.70. The van der Waals surface area contributed by atoms with Crippen LogP contribution < -0.4 is 4.57 Å². The average molecular weight is 222 g/mol. The first kappa shape index (κ1) is 11.3. The van der Waals surface area contributed by atoms with E-state index >= 15 is 0 Å². The van der Waals surface area contributed by atoms with Gasteiger partial charge in [-0.2, -0.15) is 0 Å². The SMILES string of the molecule is C[n+]1ccc(C=CC=Cc2ccccc2)cc1. The van der Waals surface area contributed by atoms with Gasteiger partial charge < -0.3 is 0 Å². The van der Waals surface area contributed by atoms with Crippen molar-refractivity contribution in [1.29, 1.82) is 0 Å². The first-order chi connectivity index (χ1) is 8.34. The molecule has 84 valence electrons. The largest absolute Gasteiger partial charge is 0.208 e. The van der Waals surface area contributed by atoms with Crippen molar-refractivity contribution < 1.29 is 4.57 Å². The fourth-order valence-electron chi connectivity index (χ4n) is 1.52. The molecule has 17 heavy (non-hydrogen) atoms. The summed E-state index contributed by atoms with van der Waals surface area (Å²) in [5.74, 6) is 0. The Morgan fingerprint density at radius 2 is 1.29 bits per heavy atom. The standard InChI is InChI=1S/C16H16N/c1-17-13-11-16(12-14-17)10-6-5-9-15-7-3-2-4-8-15/h2-14H,1H3/q+1. The van der Waals surface area contributed by atoms with Gasteiger partial charge >= 0.3 is 0 Å². The second-order valence-corrected chi connectivity index (χ2v) is 3.93. The Balaban J connectivity index is 1.98. The van der Waals surface area contributed by atoms with E-state index in [-0.39, 0.29) is 0 Å². The van der Waals surface area contributed by atoms with Gasteiger partial charge in [0.1, 0.15) is 7.05 Å². The van der Waals surface area contributed by atoms with Gasteiger partial charge in [0.15, 0.2) is 12.4 Å². The van der Waals surface area contributed by atoms with E-state index in [9.17, 15) is 0 Å². The maximum atomic E-state index is 2.10. The van der Waals surface area contributed by atoms with Crippen molar-refractivity contribution in [2.75, 3.05) is 0 Å². The second kappa shape index (κ2) is 5.80. The van der Waals surface area contributed by atoms with Crippen molar-refractivity contribution in [1.82, 2.24) is 0 Å². The lowest BCUT2D eigenvalue weighted by Gasteiger charge is -1.90. The number of nitrogens with zero attached hydrogens (tertiary/aromatic N) is 1. The Labute approximate surface area is 102 Å². The van der Waals surface area contributed by atoms with Gasteiger partial charge in [0.25, 0.3) is 0 Å². The molecule has 2 aromatic rings. The molecule has 1 aromatic heterocycles. The number of pyridine rings is 1. The van der Waals surface area contributed by atoms with Crippen LogP contribution in [0.2, 0.25) is 0 Å². The molecule has 0 saturated carbocycles. The van der Waals surface area contributed by atoms with Gasteiger partial charge in [-0.05, 0) is 11.1 Å². The lowest BCUT2D eigenvalue weighted by molar-refractivity contribution is -0.671. The molecule has 0 N–H and O–H groups in total. The zero-order valence-electron chi connectivity index (χ0n) is 9.95. The summed E-state index contributed by atoms with van der Waals surface area (Å²) in [4.78, 5) is 0. The second-order valence-electron chi connectivity index (χ2n) is 3.93. The fraction of sp³-hybridized carbons (Fsp3) is 0.0625. The minimum Gasteiger partial charge on any atom is -0.208 e. The van der Waals surface area contributed by atoms with E-state index in [0.717, 1.165) is 0 Å². The summed E-state index contributed by atoms with van der Waals surface area (Å²) in [6, 6.07) is 14.5. The van der Waals surface area contributed by atoms with Gasteiger partial charge in [0.05, 0.1) is 0 Å². The third-order valence-electron chi connectivity index (χ3n) is 2.49. The highest BCUT2D eigenvalue weighted by atomic mass is 14.9. The highest BCUT2D eigenvalue weighted by Crippen LogP contribution is 2.02. The van der Waals surface area contributed by atoms with Crippen LogP contribution in [0.5, 0.6) is 0 Å². The molecule has 1 heterocycles. The fourth-order valence-corrected chi connectivity index (χ4v) is 1.52. The molecule has 0 aliphatic heterocycles. The molecule has 0 unspecified atom stereocenters. The predicted molar refractivity (Wildman–Crippen MR) is 72.1 cm³/mol. The van der Waals surface area contributed by atoms with Crippen molar-refractivity contribution >= 4 is 12.2 Å². The van der Waals surface area contributed by atoms with Crippen molar-refractivity contribution in [3.05, 3.63) is 78.1 Å². The van der Waals surface area contributed by atoms with Gasteiger partial charge in [-0.15, -0.1) is 0 Å². The number of aryl methyl sites for hydroxylation is 1. The van der Waals surface area contributed by atoms with E-state index in [1.165, 1.54) is 11.1 Å². The molecule has 0 atom stereocenters. The van der Waals surface area contributed by atoms with Crippen molar-refractivity contribution in [2.45, 2.75) is 0 Å². The molecule has 0 spiro atoms. The van der Waals surface area contributed by atoms with Gasteiger partial charge in [-0.25, -0.2) is 4.57 Å². The predicted octanol–water partition coefficient (Wildman–Crippen LogP) is 3.24. The van der Waals surface area contributed by atoms with Crippen LogP contribution >= 0.6 is 0 Å². The molecule has 0 amide bonds. The Kier molecular flexibility index (Phi) is 3.87. The molecular weight excluding hydrogens is 206 g/mol. The molecular formula is C16H16N+. The van der Waals surface area contributed by atoms with E-state index in [1.807, 2.05) is 42.2 Å². The van der Waals surface area contributed by atoms with E-state index in [4.69, 9.17) is 0 Å². The molecule has 1 nitrogen and oxygen atoms in total. The molecule has 2 rings (SSSR count). The topological polar surface area (TPSA) is 3.88 Å². The third-order valence-corrected chi connectivity index (χ3v) is 2.49. The summed E-state index contributed by atoms with van der Waals surface area (Å²) >= 11 is 0. The summed E-state index contributed by atoms with van der Waals surface area (Å²) < 4.78 is 2.02. The summed E-state index contributed by atoms with van der Waals surface area (Å²) in [5.41, 5.74) is 2.43. The van der Waals surface area contributed by atoms with E-state index in [2.05, 4.69) is 48.6 Å². The Morgan fingerprint density at radius 1 is 0.765 bits per heavy atom. The van der Waals surface area contributed by atoms with Crippen LogP contribution in [0.25, 0.3) is 12.2 Å². The number of allylic oxidation sites excluding steroid dienone is 2. The highest BCUT2D eigenvalue weighted by Gasteiger charge is 1.89. The van der Waals surface area contributed by atoms with E-state index in [1.54, 1.807) is 0 Å². The van der Waals surface area contributed by atoms with E-state index < -0.39 is 0 Å². The maximum absolute atomic E-state index is 2.10. The normalized spacial score (nSPS) is 11.4. The third kappa shape index (κ3) is 3.72. The molecule has 0 aliphatic rings. The molecule has 0 bridgehead atoms. The van der Waals surface area contributed by atoms with Crippen molar-refractivity contribution in [3.8, 4) is 0 Å². The minimum atomic E-state index is 1.21. The van der Waals surface area contributed by atoms with Crippen LogP contribution in [0, 0.1) is 0 Å². The van der Waals surface area contributed by atoms with Crippen molar-refractivity contribution in [3.63, 3.8) is 0 Å². The molecule has 0 saturated heterocycles. The number of hydrogen-bond donors (Lipinski definition) is 0. The van der Waals surface area contributed by atoms with Crippen LogP contribution in [0.15, 0.2) is 67.0 Å². The molecule has 0 aliphatic carbocycles. The van der Waals surface area contributed by atoms with E-state index in [0.29, 0.717) is 0 Å². The van der Waals surface area contributed by atoms with Gasteiger partial charge in [0.2, 0.25) is 0 Å². The van der Waals surface area contributed by atoms with Gasteiger partial charge in [-0.3, -0.25) is 0 Å². The van der Waals surface area contributed by atoms with Crippen LogP contribution in [0.1, 0.15) is 11.1 Å². The lowest BCUT2D eigenvalue weighted by atomic mass is 10.2. The zero-order chi connectivity index (χ0) is 11.9. The first-order valence-electron chi connectivity index (χ1n) is 5.70. The maximum Gasteiger partial charge on any atom is 0.169 e. The number of aromatic nitrogens is 1. The molecule has 1 aromatic carbocycles. The van der Waals surface area contributed by atoms with Crippen LogP contribution in [-0.2, 0) is 7.05 Å².